The highest BCUT2D eigenvalue weighted by molar-refractivity contribution is 5.86. The molecule has 0 saturated carbocycles. The van der Waals surface area contributed by atoms with Crippen LogP contribution in [0.25, 0.3) is 0 Å². The lowest BCUT2D eigenvalue weighted by molar-refractivity contribution is -0.145. The van der Waals surface area contributed by atoms with E-state index in [-0.39, 0.29) is 49.5 Å². The van der Waals surface area contributed by atoms with Crippen molar-refractivity contribution < 1.29 is 28.7 Å². The molecule has 3 amide bonds. The number of ether oxygens (including phenoxy) is 2. The van der Waals surface area contributed by atoms with Crippen LogP contribution >= 0.6 is 0 Å². The second-order valence-electron chi connectivity index (χ2n) is 9.95. The van der Waals surface area contributed by atoms with Crippen LogP contribution in [0.3, 0.4) is 0 Å². The molecule has 2 rings (SSSR count). The van der Waals surface area contributed by atoms with E-state index in [9.17, 15) is 19.2 Å². The standard InChI is InChI=1S/C29H43N3O6/c1-22(2)31-26(33)19-24-15-9-4-3-5-10-17-27(34)37-21-25(32-28(24)35)16-11-12-18-30-29(36)38-20-23-13-7-6-8-14-23/h4,6-9,13-14,22,24-25H,3,5,10-12,15-21H2,1-2H3,(H,30,36)(H,31,33)(H,32,35)/b9-4-/t24-,25+/m1/s1. The molecule has 9 heteroatoms. The van der Waals surface area contributed by atoms with Gasteiger partial charge in [-0.05, 0) is 64.4 Å². The molecule has 0 saturated heterocycles. The summed E-state index contributed by atoms with van der Waals surface area (Å²) in [6.45, 7) is 4.48. The van der Waals surface area contributed by atoms with Crippen LogP contribution in [-0.4, -0.2) is 49.1 Å². The Morgan fingerprint density at radius 1 is 1.11 bits per heavy atom. The summed E-state index contributed by atoms with van der Waals surface area (Å²) in [6.07, 6.45) is 8.75. The van der Waals surface area contributed by atoms with Gasteiger partial charge in [-0.2, -0.15) is 0 Å². The van der Waals surface area contributed by atoms with Crippen molar-refractivity contribution in [2.75, 3.05) is 13.2 Å². The van der Waals surface area contributed by atoms with Gasteiger partial charge in [0.25, 0.3) is 0 Å². The molecule has 1 aliphatic heterocycles. The van der Waals surface area contributed by atoms with E-state index in [0.29, 0.717) is 38.6 Å². The molecule has 0 aliphatic carbocycles. The maximum Gasteiger partial charge on any atom is 0.407 e. The average Bonchev–Trinajstić information content (AvgIpc) is 2.88. The van der Waals surface area contributed by atoms with Gasteiger partial charge in [0.2, 0.25) is 11.8 Å². The van der Waals surface area contributed by atoms with Gasteiger partial charge in [-0.1, -0.05) is 42.5 Å². The third-order valence-corrected chi connectivity index (χ3v) is 6.09. The zero-order chi connectivity index (χ0) is 27.6. The topological polar surface area (TPSA) is 123 Å². The smallest absolute Gasteiger partial charge is 0.407 e. The fourth-order valence-electron chi connectivity index (χ4n) is 4.06. The Labute approximate surface area is 226 Å². The summed E-state index contributed by atoms with van der Waals surface area (Å²) in [7, 11) is 0. The summed E-state index contributed by atoms with van der Waals surface area (Å²) in [6, 6.07) is 9.07. The predicted octanol–water partition coefficient (Wildman–Crippen LogP) is 4.16. The van der Waals surface area contributed by atoms with Gasteiger partial charge in [0.1, 0.15) is 13.2 Å². The first-order valence-electron chi connectivity index (χ1n) is 13.7. The van der Waals surface area contributed by atoms with E-state index < -0.39 is 12.0 Å². The summed E-state index contributed by atoms with van der Waals surface area (Å²) in [5.41, 5.74) is 0.914. The fourth-order valence-corrected chi connectivity index (χ4v) is 4.06. The third-order valence-electron chi connectivity index (χ3n) is 6.09. The molecule has 1 aliphatic rings. The van der Waals surface area contributed by atoms with Crippen LogP contribution in [0.1, 0.15) is 77.2 Å². The van der Waals surface area contributed by atoms with Gasteiger partial charge in [-0.3, -0.25) is 14.4 Å². The number of carbonyl (C=O) groups is 4. The predicted molar refractivity (Wildman–Crippen MR) is 145 cm³/mol. The lowest BCUT2D eigenvalue weighted by Crippen LogP contribution is -2.43. The molecule has 1 heterocycles. The highest BCUT2D eigenvalue weighted by Crippen LogP contribution is 2.14. The summed E-state index contributed by atoms with van der Waals surface area (Å²) >= 11 is 0. The monoisotopic (exact) mass is 529 g/mol. The molecule has 1 aromatic rings. The second kappa shape index (κ2) is 18.0. The molecule has 0 radical (unpaired) electrons. The number of amides is 3. The molecule has 2 atom stereocenters. The Morgan fingerprint density at radius 3 is 2.66 bits per heavy atom. The van der Waals surface area contributed by atoms with Crippen LogP contribution in [0, 0.1) is 5.92 Å². The van der Waals surface area contributed by atoms with Crippen molar-refractivity contribution in [2.45, 2.75) is 90.3 Å². The maximum absolute atomic E-state index is 13.1. The van der Waals surface area contributed by atoms with Crippen molar-refractivity contribution in [2.24, 2.45) is 5.92 Å². The van der Waals surface area contributed by atoms with E-state index in [1.807, 2.05) is 56.3 Å². The van der Waals surface area contributed by atoms with Gasteiger partial charge in [0.05, 0.1) is 12.0 Å². The molecule has 1 aromatic carbocycles. The van der Waals surface area contributed by atoms with Crippen molar-refractivity contribution in [1.82, 2.24) is 16.0 Å². The number of allylic oxidation sites excluding steroid dienone is 2. The number of hydrogen-bond donors (Lipinski definition) is 3. The van der Waals surface area contributed by atoms with Gasteiger partial charge in [0.15, 0.2) is 0 Å². The van der Waals surface area contributed by atoms with E-state index in [0.717, 1.165) is 24.8 Å². The summed E-state index contributed by atoms with van der Waals surface area (Å²) in [5.74, 6) is -1.18. The highest BCUT2D eigenvalue weighted by Gasteiger charge is 2.24. The number of benzene rings is 1. The minimum atomic E-state index is -0.507. The Bertz CT molecular complexity index is 903. The van der Waals surface area contributed by atoms with Crippen molar-refractivity contribution in [3.05, 3.63) is 48.0 Å². The Balaban J connectivity index is 1.86. The zero-order valence-corrected chi connectivity index (χ0v) is 22.7. The van der Waals surface area contributed by atoms with Crippen LogP contribution in [0.5, 0.6) is 0 Å². The van der Waals surface area contributed by atoms with Crippen LogP contribution < -0.4 is 16.0 Å². The summed E-state index contributed by atoms with van der Waals surface area (Å²) < 4.78 is 10.7. The Kier molecular flexibility index (Phi) is 14.6. The molecule has 210 valence electrons. The second-order valence-corrected chi connectivity index (χ2v) is 9.95. The van der Waals surface area contributed by atoms with Gasteiger partial charge >= 0.3 is 12.1 Å². The Morgan fingerprint density at radius 2 is 1.89 bits per heavy atom. The SMILES string of the molecule is CC(C)NC(=O)C[C@H]1C/C=C\CCCCC(=O)OC[C@H](CCCCNC(=O)OCc2ccccc2)NC1=O. The van der Waals surface area contributed by atoms with E-state index in [1.54, 1.807) is 0 Å². The van der Waals surface area contributed by atoms with Gasteiger partial charge in [-0.25, -0.2) is 4.79 Å². The molecule has 9 nitrogen and oxygen atoms in total. The summed E-state index contributed by atoms with van der Waals surface area (Å²) in [5, 5.41) is 8.58. The van der Waals surface area contributed by atoms with Gasteiger partial charge in [0, 0.05) is 25.4 Å². The van der Waals surface area contributed by atoms with E-state index in [2.05, 4.69) is 16.0 Å². The van der Waals surface area contributed by atoms with Crippen molar-refractivity contribution in [3.8, 4) is 0 Å². The number of nitrogens with one attached hydrogen (secondary N) is 3. The first kappa shape index (κ1) is 30.9. The molecule has 0 aromatic heterocycles. The number of alkyl carbamates (subject to hydrolysis) is 1. The van der Waals surface area contributed by atoms with Crippen LogP contribution in [-0.2, 0) is 30.5 Å². The quantitative estimate of drug-likeness (QED) is 0.238. The van der Waals surface area contributed by atoms with E-state index >= 15 is 0 Å². The van der Waals surface area contributed by atoms with Gasteiger partial charge in [-0.15, -0.1) is 0 Å². The van der Waals surface area contributed by atoms with Gasteiger partial charge < -0.3 is 25.4 Å². The molecule has 0 fully saturated rings. The molecule has 3 N–H and O–H groups in total. The summed E-state index contributed by atoms with van der Waals surface area (Å²) in [4.78, 5) is 49.6. The van der Waals surface area contributed by atoms with Crippen molar-refractivity contribution in [1.29, 1.82) is 0 Å². The first-order chi connectivity index (χ1) is 18.3. The number of unbranched alkanes of at least 4 members (excludes halogenated alkanes) is 1. The molecule has 0 unspecified atom stereocenters. The van der Waals surface area contributed by atoms with Crippen molar-refractivity contribution in [3.63, 3.8) is 0 Å². The minimum absolute atomic E-state index is 0.00370. The van der Waals surface area contributed by atoms with E-state index in [4.69, 9.17) is 9.47 Å². The van der Waals surface area contributed by atoms with Crippen LogP contribution in [0.15, 0.2) is 42.5 Å². The number of cyclic esters (lactones) is 1. The highest BCUT2D eigenvalue weighted by atomic mass is 16.5. The average molecular weight is 530 g/mol. The minimum Gasteiger partial charge on any atom is -0.463 e. The number of hydrogen-bond acceptors (Lipinski definition) is 6. The zero-order valence-electron chi connectivity index (χ0n) is 22.7. The van der Waals surface area contributed by atoms with Crippen molar-refractivity contribution >= 4 is 23.9 Å². The van der Waals surface area contributed by atoms with Crippen LogP contribution in [0.2, 0.25) is 0 Å². The molecular weight excluding hydrogens is 486 g/mol. The molecule has 0 bridgehead atoms. The normalized spacial score (nSPS) is 20.0. The van der Waals surface area contributed by atoms with E-state index in [1.165, 1.54) is 0 Å². The lowest BCUT2D eigenvalue weighted by Gasteiger charge is -2.23. The Hall–Kier alpha value is -3.36. The number of esters is 1. The largest absolute Gasteiger partial charge is 0.463 e. The third kappa shape index (κ3) is 13.8. The first-order valence-corrected chi connectivity index (χ1v) is 13.7. The van der Waals surface area contributed by atoms with Crippen LogP contribution in [0.4, 0.5) is 4.79 Å². The molecule has 0 spiro atoms. The molecule has 38 heavy (non-hydrogen) atoms. The lowest BCUT2D eigenvalue weighted by atomic mass is 9.97. The fraction of sp³-hybridized carbons (Fsp3) is 0.586. The number of carbonyl (C=O) groups excluding carboxylic acids is 4. The molecular formula is C29H43N3O6. The maximum atomic E-state index is 13.1. The number of rotatable bonds is 10.